The van der Waals surface area contributed by atoms with Crippen molar-refractivity contribution < 1.29 is 16.6 Å². The maximum Gasteiger partial charge on any atom is -0.147 e. The molecular formula is C23H30Cl2Si2Ti. The van der Waals surface area contributed by atoms with Crippen molar-refractivity contribution in [3.63, 3.8) is 0 Å². The third-order valence-corrected chi connectivity index (χ3v) is 19.4. The molecule has 0 radical (unpaired) electrons. The Balaban J connectivity index is 0.00000140. The van der Waals surface area contributed by atoms with Crippen LogP contribution in [0.15, 0.2) is 63.7 Å². The molecule has 0 unspecified atom stereocenters. The molecule has 0 spiro atoms. The molecule has 2 aromatic carbocycles. The second kappa shape index (κ2) is 9.20. The van der Waals surface area contributed by atoms with E-state index in [1.54, 1.807) is 14.6 Å². The molecule has 0 aromatic heterocycles. The van der Waals surface area contributed by atoms with Crippen molar-refractivity contribution in [1.29, 1.82) is 0 Å². The van der Waals surface area contributed by atoms with E-state index in [2.05, 4.69) is 87.4 Å². The van der Waals surface area contributed by atoms with Gasteiger partial charge in [-0.1, -0.05) is 0 Å². The average Bonchev–Trinajstić information content (AvgIpc) is 3.19. The normalized spacial score (nSPS) is 14.2. The van der Waals surface area contributed by atoms with Crippen LogP contribution in [0, 0.1) is 0 Å². The first-order valence-electron chi connectivity index (χ1n) is 9.66. The van der Waals surface area contributed by atoms with Crippen LogP contribution in [-0.4, -0.2) is 14.3 Å². The number of fused-ring (bicyclic) bond motifs is 3. The van der Waals surface area contributed by atoms with Gasteiger partial charge in [-0.05, 0) is 0 Å². The van der Waals surface area contributed by atoms with Crippen molar-refractivity contribution in [3.8, 4) is 11.1 Å². The molecule has 2 aliphatic carbocycles. The summed E-state index contributed by atoms with van der Waals surface area (Å²) < 4.78 is 3.69. The number of allylic oxidation sites excluding steroid dienone is 4. The number of rotatable bonds is 3. The average molecular weight is 481 g/mol. The van der Waals surface area contributed by atoms with Crippen LogP contribution in [0.4, 0.5) is 0 Å². The van der Waals surface area contributed by atoms with E-state index in [0.717, 1.165) is 6.42 Å². The number of halogens is 2. The van der Waals surface area contributed by atoms with Gasteiger partial charge < -0.3 is 0 Å². The van der Waals surface area contributed by atoms with E-state index in [0.29, 0.717) is 0 Å². The zero-order valence-electron chi connectivity index (χ0n) is 17.4. The van der Waals surface area contributed by atoms with Gasteiger partial charge in [-0.15, -0.1) is 24.8 Å². The minimum Gasteiger partial charge on any atom is -0.147 e. The van der Waals surface area contributed by atoms with Gasteiger partial charge in [0, 0.05) is 0 Å². The second-order valence-corrected chi connectivity index (χ2v) is 25.5. The van der Waals surface area contributed by atoms with Crippen molar-refractivity contribution in [2.45, 2.75) is 45.6 Å². The van der Waals surface area contributed by atoms with E-state index in [9.17, 15) is 0 Å². The molecule has 0 fully saturated rings. The third-order valence-electron chi connectivity index (χ3n) is 5.66. The van der Waals surface area contributed by atoms with E-state index < -0.39 is 24.7 Å². The van der Waals surface area contributed by atoms with E-state index in [-0.39, 0.29) is 31.0 Å². The number of hydrogen-bond donors (Lipinski definition) is 0. The molecule has 0 saturated carbocycles. The Bertz CT molecular complexity index is 994. The van der Waals surface area contributed by atoms with Crippen LogP contribution in [-0.2, 0) is 23.0 Å². The summed E-state index contributed by atoms with van der Waals surface area (Å²) in [7, 11) is -1.27. The van der Waals surface area contributed by atoms with Gasteiger partial charge in [0.05, 0.1) is 0 Å². The second-order valence-electron chi connectivity index (χ2n) is 8.79. The molecule has 5 heteroatoms. The zero-order valence-corrected chi connectivity index (χ0v) is 22.6. The van der Waals surface area contributed by atoms with Crippen LogP contribution >= 0.6 is 24.8 Å². The fraction of sp³-hybridized carbons (Fsp3) is 0.304. The molecule has 2 aliphatic rings. The summed E-state index contributed by atoms with van der Waals surface area (Å²) in [6.07, 6.45) is 7.02. The monoisotopic (exact) mass is 480 g/mol. The Kier molecular flexibility index (Phi) is 7.86. The molecule has 0 saturated heterocycles. The minimum absolute atomic E-state index is 0. The Labute approximate surface area is 190 Å². The van der Waals surface area contributed by atoms with Gasteiger partial charge in [-0.2, -0.15) is 0 Å². The van der Waals surface area contributed by atoms with Crippen LogP contribution in [0.1, 0.15) is 17.5 Å². The number of hydrogen-bond acceptors (Lipinski definition) is 0. The zero-order chi connectivity index (χ0) is 18.5. The molecule has 148 valence electrons. The first kappa shape index (κ1) is 23.9. The van der Waals surface area contributed by atoms with Crippen LogP contribution < -0.4 is 3.87 Å². The van der Waals surface area contributed by atoms with E-state index >= 15 is 0 Å². The van der Waals surface area contributed by atoms with Gasteiger partial charge in [0.2, 0.25) is 0 Å². The summed E-state index contributed by atoms with van der Waals surface area (Å²) in [5.74, 6) is 0. The smallest absolute Gasteiger partial charge is 0.147 e. The largest absolute Gasteiger partial charge is 0.147 e. The van der Waals surface area contributed by atoms with Gasteiger partial charge in [0.15, 0.2) is 0 Å². The summed E-state index contributed by atoms with van der Waals surface area (Å²) in [6, 6.07) is 16.2. The third kappa shape index (κ3) is 4.24. The van der Waals surface area contributed by atoms with Gasteiger partial charge in [-0.25, -0.2) is 0 Å². The molecule has 2 aromatic rings. The standard InChI is InChI=1S/C13H9.C8H13Si.C2H6Si.2ClH.Ti/c1-3-7-12-10(5-1)9-11-6-2-4-8-13(11)12;1-9(2,3)8-6-4-5-7-8;1-3-2;;;/h1-5,7-8H,9H2;4,6H,5H2,1-3H3;1-2H3;2*1H;. The van der Waals surface area contributed by atoms with Crippen LogP contribution in [0.2, 0.25) is 32.7 Å². The van der Waals surface area contributed by atoms with E-state index in [1.807, 2.05) is 3.88 Å². The molecule has 4 rings (SSSR count). The maximum absolute atomic E-state index is 2.58. The molecule has 0 amide bonds. The van der Waals surface area contributed by atoms with Crippen LogP contribution in [0.5, 0.6) is 0 Å². The number of benzene rings is 2. The Morgan fingerprint density at radius 1 is 0.893 bits per heavy atom. The maximum atomic E-state index is 2.58. The van der Waals surface area contributed by atoms with E-state index in [1.165, 1.54) is 23.1 Å². The van der Waals surface area contributed by atoms with Gasteiger partial charge >= 0.3 is 166 Å². The first-order chi connectivity index (χ1) is 12.4. The van der Waals surface area contributed by atoms with Crippen molar-refractivity contribution in [1.82, 2.24) is 0 Å². The van der Waals surface area contributed by atoms with E-state index in [4.69, 9.17) is 0 Å². The summed E-state index contributed by atoms with van der Waals surface area (Å²) >= 11 is -1.45. The molecule has 0 N–H and O–H groups in total. The van der Waals surface area contributed by atoms with Crippen LogP contribution in [0.3, 0.4) is 0 Å². The topological polar surface area (TPSA) is 0 Å². The quantitative estimate of drug-likeness (QED) is 0.366. The Hall–Kier alpha value is -0.352. The fourth-order valence-electron chi connectivity index (χ4n) is 4.57. The first-order valence-corrected chi connectivity index (χ1v) is 19.6. The van der Waals surface area contributed by atoms with Gasteiger partial charge in [0.1, 0.15) is 0 Å². The van der Waals surface area contributed by atoms with Crippen molar-refractivity contribution >= 4 is 42.9 Å². The predicted octanol–water partition coefficient (Wildman–Crippen LogP) is 6.69. The molecule has 0 nitrogen and oxygen atoms in total. The molecular weight excluding hydrogens is 451 g/mol. The molecule has 28 heavy (non-hydrogen) atoms. The summed E-state index contributed by atoms with van der Waals surface area (Å²) in [5, 5.41) is 1.78. The van der Waals surface area contributed by atoms with Crippen LogP contribution in [0.25, 0.3) is 11.1 Å². The molecule has 0 atom stereocenters. The van der Waals surface area contributed by atoms with Crippen molar-refractivity contribution in [3.05, 3.63) is 74.8 Å². The van der Waals surface area contributed by atoms with Gasteiger partial charge in [0.25, 0.3) is 0 Å². The fourth-order valence-corrected chi connectivity index (χ4v) is 20.2. The van der Waals surface area contributed by atoms with Crippen molar-refractivity contribution in [2.75, 3.05) is 0 Å². The molecule has 0 aliphatic heterocycles. The minimum atomic E-state index is -1.45. The predicted molar refractivity (Wildman–Crippen MR) is 130 cm³/mol. The van der Waals surface area contributed by atoms with Crippen molar-refractivity contribution in [2.24, 2.45) is 0 Å². The summed E-state index contributed by atoms with van der Waals surface area (Å²) in [6.45, 7) is 12.7. The molecule has 0 bridgehead atoms. The summed E-state index contributed by atoms with van der Waals surface area (Å²) in [4.78, 5) is 0. The Morgan fingerprint density at radius 3 is 2.25 bits per heavy atom. The van der Waals surface area contributed by atoms with Gasteiger partial charge in [-0.3, -0.25) is 0 Å². The Morgan fingerprint density at radius 2 is 1.57 bits per heavy atom. The SMILES string of the molecule is C[Si](C)=[Ti]([C]1=C([Si](C)(C)C)C=CC1)[c]1cccc2c1Cc1ccccc1-2.Cl.Cl. The molecule has 0 heterocycles. The summed E-state index contributed by atoms with van der Waals surface area (Å²) in [5.41, 5.74) is 6.20.